The lowest BCUT2D eigenvalue weighted by Gasteiger charge is -2.34. The number of carbonyl (C=O) groups excluding carboxylic acids is 5. The fourth-order valence-electron chi connectivity index (χ4n) is 4.20. The van der Waals surface area contributed by atoms with Gasteiger partial charge in [-0.1, -0.05) is 65.0 Å². The Morgan fingerprint density at radius 2 is 1.56 bits per heavy atom. The molecule has 2 atom stereocenters. The summed E-state index contributed by atoms with van der Waals surface area (Å²) < 4.78 is 0. The summed E-state index contributed by atoms with van der Waals surface area (Å²) in [6.45, 7) is 12.1. The first kappa shape index (κ1) is 31.8. The van der Waals surface area contributed by atoms with Crippen LogP contribution >= 0.6 is 0 Å². The number of Topliss-reactive ketones (excluding diaryl/α,β-unsaturated/α-hetero) is 1. The van der Waals surface area contributed by atoms with Crippen molar-refractivity contribution in [1.82, 2.24) is 20.9 Å². The molecule has 0 unspecified atom stereocenters. The van der Waals surface area contributed by atoms with Gasteiger partial charge in [0.05, 0.1) is 5.71 Å². The maximum absolute atomic E-state index is 13.2. The van der Waals surface area contributed by atoms with Crippen LogP contribution in [-0.4, -0.2) is 72.2 Å². The molecule has 2 rings (SSSR count). The number of hydrogen-bond donors (Lipinski definition) is 3. The number of likely N-dealkylation sites (tertiary alicyclic amines) is 1. The number of benzene rings is 1. The molecule has 1 aromatic rings. The molecule has 1 aliphatic rings. The zero-order valence-corrected chi connectivity index (χ0v) is 24.2. The molecule has 3 N–H and O–H groups in total. The highest BCUT2D eigenvalue weighted by Gasteiger charge is 2.36. The van der Waals surface area contributed by atoms with Crippen LogP contribution in [0.1, 0.15) is 59.9 Å². The second-order valence-electron chi connectivity index (χ2n) is 11.6. The monoisotopic (exact) mass is 541 g/mol. The number of piperidine rings is 1. The predicted octanol–water partition coefficient (Wildman–Crippen LogP) is 1.87. The van der Waals surface area contributed by atoms with Gasteiger partial charge in [-0.15, -0.1) is 0 Å². The maximum Gasteiger partial charge on any atom is 0.293 e. The molecule has 1 aliphatic heterocycles. The molecule has 10 nitrogen and oxygen atoms in total. The van der Waals surface area contributed by atoms with E-state index in [1.807, 2.05) is 58.2 Å². The first-order valence-electron chi connectivity index (χ1n) is 13.5. The van der Waals surface area contributed by atoms with Crippen molar-refractivity contribution in [2.45, 2.75) is 73.0 Å². The Bertz CT molecular complexity index is 1070. The first-order chi connectivity index (χ1) is 18.2. The summed E-state index contributed by atoms with van der Waals surface area (Å²) in [5.74, 6) is -3.88. The Labute approximate surface area is 231 Å². The Balaban J connectivity index is 2.06. The van der Waals surface area contributed by atoms with E-state index >= 15 is 0 Å². The highest BCUT2D eigenvalue weighted by molar-refractivity contribution is 6.65. The molecule has 10 heteroatoms. The number of nitrogens with one attached hydrogen (secondary N) is 3. The van der Waals surface area contributed by atoms with Crippen LogP contribution in [0.2, 0.25) is 0 Å². The van der Waals surface area contributed by atoms with Gasteiger partial charge in [-0.05, 0) is 56.8 Å². The molecular formula is C29H43N5O5. The molecule has 1 fully saturated rings. The molecule has 214 valence electrons. The molecule has 0 spiro atoms. The van der Waals surface area contributed by atoms with E-state index in [1.54, 1.807) is 13.8 Å². The lowest BCUT2D eigenvalue weighted by Crippen LogP contribution is -2.57. The fourth-order valence-corrected chi connectivity index (χ4v) is 4.20. The predicted molar refractivity (Wildman–Crippen MR) is 150 cm³/mol. The van der Waals surface area contributed by atoms with Crippen molar-refractivity contribution in [3.8, 4) is 0 Å². The van der Waals surface area contributed by atoms with E-state index in [-0.39, 0.29) is 24.1 Å². The fraction of sp³-hybridized carbons (Fsp3) is 0.586. The van der Waals surface area contributed by atoms with Crippen molar-refractivity contribution in [2.75, 3.05) is 20.1 Å². The zero-order chi connectivity index (χ0) is 29.3. The van der Waals surface area contributed by atoms with E-state index in [1.165, 1.54) is 6.92 Å². The standard InChI is InChI=1S/C29H43N5O5/c1-18(2)22(23(35)27(38)30-17-20-11-9-8-10-12-20)32-25(36)19(3)31-28(39)24(29(4,5)6)33-26(37)21-13-15-34(7)16-14-21/h8-12,18-19,21,24H,13-17H2,1-7H3,(H,30,38)(H,31,39)(H,33,37)/b32-22+/t19-,24+/m0/s1. The van der Waals surface area contributed by atoms with E-state index in [4.69, 9.17) is 0 Å². The average molecular weight is 542 g/mol. The van der Waals surface area contributed by atoms with Crippen molar-refractivity contribution < 1.29 is 24.0 Å². The van der Waals surface area contributed by atoms with Gasteiger partial charge in [0.15, 0.2) is 0 Å². The third-order valence-corrected chi connectivity index (χ3v) is 6.75. The SMILES string of the molecule is CC(C)/C(=N\C(=O)[C@H](C)NC(=O)[C@@H](NC(=O)C1CCN(C)CC1)C(C)(C)C)C(=O)C(=O)NCc1ccccc1. The number of rotatable bonds is 10. The summed E-state index contributed by atoms with van der Waals surface area (Å²) in [4.78, 5) is 70.4. The molecule has 0 aromatic heterocycles. The third-order valence-electron chi connectivity index (χ3n) is 6.75. The summed E-state index contributed by atoms with van der Waals surface area (Å²) in [5, 5.41) is 8.07. The summed E-state index contributed by atoms with van der Waals surface area (Å²) in [5.41, 5.74) is 0.0210. The number of hydrogen-bond acceptors (Lipinski definition) is 6. The largest absolute Gasteiger partial charge is 0.345 e. The zero-order valence-electron chi connectivity index (χ0n) is 24.2. The quantitative estimate of drug-likeness (QED) is 0.306. The van der Waals surface area contributed by atoms with Crippen LogP contribution in [0, 0.1) is 17.3 Å². The molecule has 1 heterocycles. The molecule has 4 amide bonds. The van der Waals surface area contributed by atoms with Crippen LogP contribution in [0.4, 0.5) is 0 Å². The molecule has 39 heavy (non-hydrogen) atoms. The summed E-state index contributed by atoms with van der Waals surface area (Å²) in [6.07, 6.45) is 1.44. The first-order valence-corrected chi connectivity index (χ1v) is 13.5. The molecular weight excluding hydrogens is 498 g/mol. The lowest BCUT2D eigenvalue weighted by molar-refractivity contribution is -0.135. The van der Waals surface area contributed by atoms with E-state index in [0.717, 1.165) is 31.5 Å². The second kappa shape index (κ2) is 14.1. The topological polar surface area (TPSA) is 137 Å². The molecule has 0 saturated carbocycles. The molecule has 0 bridgehead atoms. The molecule has 1 aromatic carbocycles. The number of carbonyl (C=O) groups is 5. The summed E-state index contributed by atoms with van der Waals surface area (Å²) in [7, 11) is 2.01. The van der Waals surface area contributed by atoms with E-state index < -0.39 is 46.9 Å². The van der Waals surface area contributed by atoms with Crippen LogP contribution in [0.3, 0.4) is 0 Å². The summed E-state index contributed by atoms with van der Waals surface area (Å²) >= 11 is 0. The lowest BCUT2D eigenvalue weighted by atomic mass is 9.85. The van der Waals surface area contributed by atoms with Crippen molar-refractivity contribution in [3.63, 3.8) is 0 Å². The molecule has 0 radical (unpaired) electrons. The van der Waals surface area contributed by atoms with Crippen LogP contribution in [0.25, 0.3) is 0 Å². The van der Waals surface area contributed by atoms with Crippen LogP contribution in [-0.2, 0) is 30.5 Å². The number of ketones is 1. The van der Waals surface area contributed by atoms with Gasteiger partial charge in [-0.25, -0.2) is 4.99 Å². The smallest absolute Gasteiger partial charge is 0.293 e. The van der Waals surface area contributed by atoms with Crippen LogP contribution in [0.5, 0.6) is 0 Å². The van der Waals surface area contributed by atoms with Crippen molar-refractivity contribution in [3.05, 3.63) is 35.9 Å². The van der Waals surface area contributed by atoms with E-state index in [2.05, 4.69) is 25.8 Å². The van der Waals surface area contributed by atoms with Crippen molar-refractivity contribution in [2.24, 2.45) is 22.2 Å². The van der Waals surface area contributed by atoms with Gasteiger partial charge in [-0.2, -0.15) is 0 Å². The number of nitrogens with zero attached hydrogens (tertiary/aromatic N) is 2. The average Bonchev–Trinajstić information content (AvgIpc) is 2.88. The molecule has 1 saturated heterocycles. The minimum absolute atomic E-state index is 0.161. The third kappa shape index (κ3) is 9.69. The normalized spacial score (nSPS) is 16.8. The Morgan fingerprint density at radius 1 is 0.974 bits per heavy atom. The van der Waals surface area contributed by atoms with Gasteiger partial charge in [-0.3, -0.25) is 24.0 Å². The van der Waals surface area contributed by atoms with E-state index in [9.17, 15) is 24.0 Å². The van der Waals surface area contributed by atoms with Gasteiger partial charge >= 0.3 is 0 Å². The minimum atomic E-state index is -1.07. The van der Waals surface area contributed by atoms with Crippen molar-refractivity contribution >= 4 is 35.1 Å². The van der Waals surface area contributed by atoms with Gasteiger partial charge < -0.3 is 20.9 Å². The highest BCUT2D eigenvalue weighted by Crippen LogP contribution is 2.22. The minimum Gasteiger partial charge on any atom is -0.345 e. The maximum atomic E-state index is 13.2. The van der Waals surface area contributed by atoms with Crippen LogP contribution < -0.4 is 16.0 Å². The second-order valence-corrected chi connectivity index (χ2v) is 11.6. The van der Waals surface area contributed by atoms with E-state index in [0.29, 0.717) is 0 Å². The highest BCUT2D eigenvalue weighted by atomic mass is 16.2. The number of aliphatic imine (C=N–C) groups is 1. The number of amides is 4. The van der Waals surface area contributed by atoms with Crippen LogP contribution in [0.15, 0.2) is 35.3 Å². The Hall–Kier alpha value is -3.40. The van der Waals surface area contributed by atoms with Gasteiger partial charge in [0, 0.05) is 12.5 Å². The van der Waals surface area contributed by atoms with Gasteiger partial charge in [0.2, 0.25) is 11.8 Å². The van der Waals surface area contributed by atoms with Crippen molar-refractivity contribution in [1.29, 1.82) is 0 Å². The summed E-state index contributed by atoms with van der Waals surface area (Å²) in [6, 6.07) is 7.18. The van der Waals surface area contributed by atoms with Gasteiger partial charge in [0.25, 0.3) is 17.6 Å². The Kier molecular flexibility index (Phi) is 11.5. The Morgan fingerprint density at radius 3 is 2.10 bits per heavy atom. The molecule has 0 aliphatic carbocycles. The van der Waals surface area contributed by atoms with Gasteiger partial charge in [0.1, 0.15) is 12.1 Å².